The van der Waals surface area contributed by atoms with E-state index < -0.39 is 22.8 Å². The predicted molar refractivity (Wildman–Crippen MR) is 165 cm³/mol. The third-order valence-electron chi connectivity index (χ3n) is 8.41. The average molecular weight is 606 g/mol. The number of carbonyl (C=O) groups is 1. The van der Waals surface area contributed by atoms with Crippen molar-refractivity contribution < 1.29 is 19.0 Å². The monoisotopic (exact) mass is 605 g/mol. The summed E-state index contributed by atoms with van der Waals surface area (Å²) in [4.78, 5) is 36.1. The van der Waals surface area contributed by atoms with Gasteiger partial charge < -0.3 is 24.2 Å². The number of pyridine rings is 2. The quantitative estimate of drug-likeness (QED) is 0.306. The van der Waals surface area contributed by atoms with E-state index in [1.54, 1.807) is 17.9 Å². The maximum atomic E-state index is 15.7. The molecule has 0 amide bonds. The van der Waals surface area contributed by atoms with Crippen molar-refractivity contribution in [3.8, 4) is 5.69 Å². The molecule has 11 heteroatoms. The van der Waals surface area contributed by atoms with E-state index in [1.165, 1.54) is 6.20 Å². The lowest BCUT2D eigenvalue weighted by atomic mass is 10.1. The molecule has 0 aliphatic carbocycles. The molecule has 0 bridgehead atoms. The zero-order valence-electron chi connectivity index (χ0n) is 23.9. The first kappa shape index (κ1) is 29.1. The van der Waals surface area contributed by atoms with E-state index in [0.717, 1.165) is 43.4 Å². The van der Waals surface area contributed by atoms with Gasteiger partial charge in [0, 0.05) is 64.0 Å². The molecule has 224 valence electrons. The van der Waals surface area contributed by atoms with E-state index in [1.807, 2.05) is 47.4 Å². The van der Waals surface area contributed by atoms with Crippen molar-refractivity contribution in [1.82, 2.24) is 14.5 Å². The summed E-state index contributed by atoms with van der Waals surface area (Å²) in [6, 6.07) is 14.9. The number of methoxy groups -OCH3 is 1. The van der Waals surface area contributed by atoms with Crippen LogP contribution in [0.5, 0.6) is 0 Å². The topological polar surface area (TPSA) is 91.1 Å². The number of rotatable bonds is 8. The Morgan fingerprint density at radius 3 is 2.51 bits per heavy atom. The van der Waals surface area contributed by atoms with Gasteiger partial charge >= 0.3 is 5.97 Å². The van der Waals surface area contributed by atoms with Crippen LogP contribution in [0.2, 0.25) is 5.02 Å². The highest BCUT2D eigenvalue weighted by Crippen LogP contribution is 2.37. The Kier molecular flexibility index (Phi) is 8.34. The Morgan fingerprint density at radius 2 is 1.84 bits per heavy atom. The molecule has 1 N–H and O–H groups in total. The fraction of sp³-hybridized carbons (Fsp3) is 0.344. The first-order chi connectivity index (χ1) is 20.9. The SMILES string of the molecule is COC[C@@H]1CCCN1Cc1ccc(-n2cc(C(=O)O)c(=O)c3cc(F)c(N4CCN(c5ccccn5)CC4)c(Cl)c32)cc1. The summed E-state index contributed by atoms with van der Waals surface area (Å²) in [5.74, 6) is -1.20. The second-order valence-electron chi connectivity index (χ2n) is 11.0. The van der Waals surface area contributed by atoms with Crippen LogP contribution in [0.4, 0.5) is 15.9 Å². The molecule has 43 heavy (non-hydrogen) atoms. The Hall–Kier alpha value is -3.99. The summed E-state index contributed by atoms with van der Waals surface area (Å²) >= 11 is 6.95. The van der Waals surface area contributed by atoms with Crippen LogP contribution < -0.4 is 15.2 Å². The van der Waals surface area contributed by atoms with Crippen molar-refractivity contribution in [3.63, 3.8) is 0 Å². The number of carboxylic acids is 1. The van der Waals surface area contributed by atoms with Crippen molar-refractivity contribution in [1.29, 1.82) is 0 Å². The number of nitrogens with zero attached hydrogens (tertiary/aromatic N) is 5. The lowest BCUT2D eigenvalue weighted by Gasteiger charge is -2.37. The summed E-state index contributed by atoms with van der Waals surface area (Å²) in [6.45, 7) is 4.66. The van der Waals surface area contributed by atoms with Crippen LogP contribution in [0, 0.1) is 5.82 Å². The zero-order chi connectivity index (χ0) is 30.1. The molecule has 9 nitrogen and oxygen atoms in total. The summed E-state index contributed by atoms with van der Waals surface area (Å²) < 4.78 is 22.7. The highest BCUT2D eigenvalue weighted by molar-refractivity contribution is 6.38. The number of hydrogen-bond donors (Lipinski definition) is 1. The van der Waals surface area contributed by atoms with Crippen LogP contribution in [0.3, 0.4) is 0 Å². The van der Waals surface area contributed by atoms with Crippen LogP contribution in [0.25, 0.3) is 16.6 Å². The molecule has 2 aromatic carbocycles. The maximum absolute atomic E-state index is 15.7. The third-order valence-corrected chi connectivity index (χ3v) is 8.77. The molecule has 2 fully saturated rings. The molecule has 0 unspecified atom stereocenters. The first-order valence-corrected chi connectivity index (χ1v) is 14.8. The molecule has 2 saturated heterocycles. The highest BCUT2D eigenvalue weighted by atomic mass is 35.5. The van der Waals surface area contributed by atoms with E-state index in [4.69, 9.17) is 16.3 Å². The van der Waals surface area contributed by atoms with Crippen LogP contribution in [0.15, 0.2) is 65.7 Å². The molecular weight excluding hydrogens is 573 g/mol. The number of likely N-dealkylation sites (tertiary alicyclic amines) is 1. The van der Waals surface area contributed by atoms with E-state index in [0.29, 0.717) is 44.5 Å². The number of hydrogen-bond acceptors (Lipinski definition) is 7. The van der Waals surface area contributed by atoms with E-state index in [-0.39, 0.29) is 21.6 Å². The molecule has 2 aliphatic rings. The summed E-state index contributed by atoms with van der Waals surface area (Å²) in [6.07, 6.45) is 5.25. The Bertz CT molecular complexity index is 1690. The molecule has 4 heterocycles. The molecule has 1 atom stereocenters. The molecule has 2 aliphatic heterocycles. The standard InChI is InChI=1S/C32H33ClFN5O4/c1-43-20-23-5-4-12-38(23)18-21-7-9-22(10-8-21)39-19-25(32(41)42)31(40)24-17-26(34)30(28(33)29(24)39)37-15-13-36(14-16-37)27-6-2-3-11-35-27/h2-3,6-11,17,19,23H,4-5,12-16,18,20H2,1H3,(H,41,42)/t23-/m0/s1. The largest absolute Gasteiger partial charge is 0.477 e. The summed E-state index contributed by atoms with van der Waals surface area (Å²) in [7, 11) is 1.72. The fourth-order valence-corrected chi connectivity index (χ4v) is 6.63. The molecule has 0 spiro atoms. The summed E-state index contributed by atoms with van der Waals surface area (Å²) in [5, 5.41) is 9.80. The number of aromatic nitrogens is 2. The van der Waals surface area contributed by atoms with Crippen LogP contribution in [0.1, 0.15) is 28.8 Å². The van der Waals surface area contributed by atoms with Gasteiger partial charge in [-0.1, -0.05) is 29.8 Å². The van der Waals surface area contributed by atoms with Crippen LogP contribution >= 0.6 is 11.6 Å². The van der Waals surface area contributed by atoms with Crippen molar-refractivity contribution in [2.75, 3.05) is 56.2 Å². The van der Waals surface area contributed by atoms with E-state index in [2.05, 4.69) is 14.8 Å². The van der Waals surface area contributed by atoms with Crippen molar-refractivity contribution in [2.24, 2.45) is 0 Å². The van der Waals surface area contributed by atoms with Gasteiger partial charge in [-0.3, -0.25) is 9.69 Å². The number of benzene rings is 2. The predicted octanol–water partition coefficient (Wildman–Crippen LogP) is 4.81. The van der Waals surface area contributed by atoms with Crippen LogP contribution in [-0.2, 0) is 11.3 Å². The number of anilines is 2. The maximum Gasteiger partial charge on any atom is 0.341 e. The van der Waals surface area contributed by atoms with E-state index in [9.17, 15) is 14.7 Å². The van der Waals surface area contributed by atoms with Gasteiger partial charge in [0.1, 0.15) is 17.2 Å². The second kappa shape index (κ2) is 12.3. The third kappa shape index (κ3) is 5.70. The number of carboxylic acid groups (broad SMARTS) is 1. The molecular formula is C32H33ClFN5O4. The molecule has 2 aromatic heterocycles. The summed E-state index contributed by atoms with van der Waals surface area (Å²) in [5.41, 5.74) is 0.947. The number of aromatic carboxylic acids is 1. The number of fused-ring (bicyclic) bond motifs is 1. The van der Waals surface area contributed by atoms with Crippen molar-refractivity contribution >= 4 is 40.0 Å². The average Bonchev–Trinajstić information content (AvgIpc) is 3.45. The van der Waals surface area contributed by atoms with E-state index >= 15 is 4.39 Å². The van der Waals surface area contributed by atoms with Gasteiger partial charge in [-0.15, -0.1) is 0 Å². The molecule has 0 saturated carbocycles. The highest BCUT2D eigenvalue weighted by Gasteiger charge is 2.28. The minimum absolute atomic E-state index is 0.0684. The lowest BCUT2D eigenvalue weighted by Crippen LogP contribution is -2.47. The van der Waals surface area contributed by atoms with Gasteiger partial charge in [-0.05, 0) is 55.3 Å². The number of piperazine rings is 1. The minimum Gasteiger partial charge on any atom is -0.477 e. The second-order valence-corrected chi connectivity index (χ2v) is 11.4. The zero-order valence-corrected chi connectivity index (χ0v) is 24.6. The Morgan fingerprint density at radius 1 is 1.09 bits per heavy atom. The number of ether oxygens (including phenoxy) is 1. The van der Waals surface area contributed by atoms with Gasteiger partial charge in [0.15, 0.2) is 0 Å². The molecule has 6 rings (SSSR count). The molecule has 0 radical (unpaired) electrons. The minimum atomic E-state index is -1.39. The number of halogens is 2. The normalized spacial score (nSPS) is 17.6. The Balaban J connectivity index is 1.37. The lowest BCUT2D eigenvalue weighted by molar-refractivity contribution is 0.0695. The van der Waals surface area contributed by atoms with Gasteiger partial charge in [-0.2, -0.15) is 0 Å². The Labute approximate surface area is 253 Å². The fourth-order valence-electron chi connectivity index (χ4n) is 6.23. The van der Waals surface area contributed by atoms with Crippen molar-refractivity contribution in [3.05, 3.63) is 93.1 Å². The molecule has 4 aromatic rings. The van der Waals surface area contributed by atoms with Crippen molar-refractivity contribution in [2.45, 2.75) is 25.4 Å². The smallest absolute Gasteiger partial charge is 0.341 e. The first-order valence-electron chi connectivity index (χ1n) is 14.4. The van der Waals surface area contributed by atoms with Crippen LogP contribution in [-0.4, -0.2) is 78.0 Å². The van der Waals surface area contributed by atoms with Gasteiger partial charge in [-0.25, -0.2) is 14.2 Å². The van der Waals surface area contributed by atoms with Gasteiger partial charge in [0.2, 0.25) is 5.43 Å². The van der Waals surface area contributed by atoms with Gasteiger partial charge in [0.25, 0.3) is 0 Å². The van der Waals surface area contributed by atoms with Gasteiger partial charge in [0.05, 0.1) is 28.2 Å².